The Kier molecular flexibility index (Phi) is 9.47. The second kappa shape index (κ2) is 13.8. The Bertz CT molecular complexity index is 1810. The first kappa shape index (κ1) is 30.8. The van der Waals surface area contributed by atoms with Crippen molar-refractivity contribution in [3.05, 3.63) is 114 Å². The number of halogens is 1. The summed E-state index contributed by atoms with van der Waals surface area (Å²) in [5, 5.41) is 0. The average Bonchev–Trinajstić information content (AvgIpc) is 3.75. The van der Waals surface area contributed by atoms with E-state index in [1.165, 1.54) is 11.6 Å². The molecule has 3 aromatic carbocycles. The molecule has 230 valence electrons. The highest BCUT2D eigenvalue weighted by Gasteiger charge is 2.54. The molecule has 0 N–H and O–H groups in total. The number of pyridine rings is 1. The van der Waals surface area contributed by atoms with Crippen molar-refractivity contribution in [2.45, 2.75) is 51.4 Å². The molecule has 2 aromatic heterocycles. The van der Waals surface area contributed by atoms with Gasteiger partial charge in [-0.05, 0) is 72.6 Å². The molecule has 0 atom stereocenters. The smallest absolute Gasteiger partial charge is 0.166 e. The van der Waals surface area contributed by atoms with Crippen molar-refractivity contribution >= 4 is 33.1 Å². The number of nitrogens with zero attached hydrogens (tertiary/aromatic N) is 1. The van der Waals surface area contributed by atoms with Crippen LogP contribution in [0.15, 0.2) is 91.1 Å². The normalized spacial score (nSPS) is 13.6. The van der Waals surface area contributed by atoms with E-state index in [0.29, 0.717) is 24.2 Å². The third kappa shape index (κ3) is 7.21. The average molecular weight is 622 g/mol. The molecule has 0 bridgehead atoms. The minimum Gasteiger partial charge on any atom is -0.453 e. The summed E-state index contributed by atoms with van der Waals surface area (Å²) in [6, 6.07) is 26.4. The predicted octanol–water partition coefficient (Wildman–Crippen LogP) is 8.96. The summed E-state index contributed by atoms with van der Waals surface area (Å²) in [6.45, 7) is 0.797. The molecular weight excluding hydrogens is 585 g/mol. The number of rotatable bonds is 15. The maximum Gasteiger partial charge on any atom is 0.166 e. The van der Waals surface area contributed by atoms with Crippen LogP contribution < -0.4 is 4.74 Å². The van der Waals surface area contributed by atoms with Crippen molar-refractivity contribution in [2.75, 3.05) is 13.7 Å². The highest BCUT2D eigenvalue weighted by molar-refractivity contribution is 7.22. The number of fused-ring (bicyclic) bond motifs is 1. The Morgan fingerprint density at radius 2 is 1.60 bits per heavy atom. The van der Waals surface area contributed by atoms with E-state index in [4.69, 9.17) is 9.47 Å². The largest absolute Gasteiger partial charge is 0.453 e. The number of methoxy groups -OCH3 is 1. The molecule has 0 radical (unpaired) electrons. The van der Waals surface area contributed by atoms with Gasteiger partial charge in [0, 0.05) is 43.7 Å². The Balaban J connectivity index is 1.13. The number of carbonyl (C=O) groups excluding carboxylic acids is 2. The number of unbranched alkanes of at least 4 members (excludes halogenated alkanes) is 2. The van der Waals surface area contributed by atoms with Gasteiger partial charge in [-0.1, -0.05) is 67.1 Å². The first-order valence-corrected chi connectivity index (χ1v) is 16.3. The van der Waals surface area contributed by atoms with Crippen LogP contribution in [0, 0.1) is 11.2 Å². The van der Waals surface area contributed by atoms with Crippen LogP contribution in [0.5, 0.6) is 11.5 Å². The number of thiophene rings is 1. The number of carbonyl (C=O) groups is 2. The third-order valence-corrected chi connectivity index (χ3v) is 9.70. The Hall–Kier alpha value is -4.20. The van der Waals surface area contributed by atoms with Crippen LogP contribution in [-0.4, -0.2) is 30.3 Å². The molecule has 1 fully saturated rings. The molecule has 1 aliphatic rings. The summed E-state index contributed by atoms with van der Waals surface area (Å²) >= 11 is 1.57. The zero-order chi connectivity index (χ0) is 31.2. The standard InChI is InChI=1S/C38H36FNO4S/c1-43-20-7-3-6-9-26-12-8-13-29(21-26)34-25-31-37(45-34)33(16-19-40-31)44-32-15-14-28(22-30(32)39)24-36(42)38(17-18-38)35(41)23-27-10-4-2-5-11-27/h2,4-5,8,10-16,19,21-22,25H,3,6-7,9,17-18,20,23-24H2,1H3. The van der Waals surface area contributed by atoms with E-state index in [2.05, 4.69) is 29.2 Å². The second-order valence-electron chi connectivity index (χ2n) is 11.8. The highest BCUT2D eigenvalue weighted by Crippen LogP contribution is 2.49. The zero-order valence-electron chi connectivity index (χ0n) is 25.4. The second-order valence-corrected chi connectivity index (χ2v) is 12.8. The van der Waals surface area contributed by atoms with E-state index in [0.717, 1.165) is 58.5 Å². The molecule has 5 nitrogen and oxygen atoms in total. The molecule has 6 rings (SSSR count). The van der Waals surface area contributed by atoms with Crippen molar-refractivity contribution in [3.63, 3.8) is 0 Å². The lowest BCUT2D eigenvalue weighted by atomic mass is 9.88. The summed E-state index contributed by atoms with van der Waals surface area (Å²) < 4.78 is 27.4. The van der Waals surface area contributed by atoms with Crippen LogP contribution in [0.4, 0.5) is 4.39 Å². The lowest BCUT2D eigenvalue weighted by Gasteiger charge is -2.14. The maximum absolute atomic E-state index is 15.3. The third-order valence-electron chi connectivity index (χ3n) is 8.51. The molecule has 0 aliphatic heterocycles. The molecule has 0 saturated heterocycles. The number of hydrogen-bond donors (Lipinski definition) is 0. The molecular formula is C38H36FNO4S. The Morgan fingerprint density at radius 3 is 2.36 bits per heavy atom. The molecule has 7 heteroatoms. The van der Waals surface area contributed by atoms with Crippen molar-refractivity contribution in [3.8, 4) is 21.9 Å². The first-order chi connectivity index (χ1) is 21.9. The Morgan fingerprint density at radius 1 is 0.822 bits per heavy atom. The number of hydrogen-bond acceptors (Lipinski definition) is 6. The summed E-state index contributed by atoms with van der Waals surface area (Å²) in [5.41, 5.74) is 3.69. The fourth-order valence-corrected chi connectivity index (χ4v) is 6.83. The number of aromatic nitrogens is 1. The Labute approximate surface area is 267 Å². The fraction of sp³-hybridized carbons (Fsp3) is 0.289. The van der Waals surface area contributed by atoms with Gasteiger partial charge >= 0.3 is 0 Å². The molecule has 0 spiro atoms. The highest BCUT2D eigenvalue weighted by atomic mass is 32.1. The van der Waals surface area contributed by atoms with Gasteiger partial charge in [0.05, 0.1) is 15.6 Å². The summed E-state index contributed by atoms with van der Waals surface area (Å²) in [6.07, 6.45) is 7.36. The number of aryl methyl sites for hydroxylation is 1. The van der Waals surface area contributed by atoms with Crippen LogP contribution in [0.2, 0.25) is 0 Å². The van der Waals surface area contributed by atoms with Crippen molar-refractivity contribution in [1.29, 1.82) is 0 Å². The quantitative estimate of drug-likeness (QED) is 0.0863. The zero-order valence-corrected chi connectivity index (χ0v) is 26.2. The topological polar surface area (TPSA) is 65.5 Å². The number of ether oxygens (including phenoxy) is 2. The molecule has 0 unspecified atom stereocenters. The van der Waals surface area contributed by atoms with Crippen LogP contribution in [0.3, 0.4) is 0 Å². The van der Waals surface area contributed by atoms with E-state index in [1.54, 1.807) is 42.8 Å². The van der Waals surface area contributed by atoms with Gasteiger partial charge in [-0.3, -0.25) is 14.6 Å². The molecule has 5 aromatic rings. The van der Waals surface area contributed by atoms with Crippen molar-refractivity contribution in [2.24, 2.45) is 5.41 Å². The lowest BCUT2D eigenvalue weighted by Crippen LogP contribution is -2.28. The van der Waals surface area contributed by atoms with Crippen LogP contribution in [-0.2, 0) is 33.6 Å². The van der Waals surface area contributed by atoms with Gasteiger partial charge in [-0.25, -0.2) is 4.39 Å². The van der Waals surface area contributed by atoms with Crippen molar-refractivity contribution < 1.29 is 23.5 Å². The first-order valence-electron chi connectivity index (χ1n) is 15.5. The van der Waals surface area contributed by atoms with Crippen LogP contribution >= 0.6 is 11.3 Å². The monoisotopic (exact) mass is 621 g/mol. The van der Waals surface area contributed by atoms with Crippen LogP contribution in [0.25, 0.3) is 20.7 Å². The molecule has 0 amide bonds. The summed E-state index contributed by atoms with van der Waals surface area (Å²) in [7, 11) is 1.74. The maximum atomic E-state index is 15.3. The van der Waals surface area contributed by atoms with Gasteiger partial charge in [0.2, 0.25) is 0 Å². The number of benzene rings is 3. The van der Waals surface area contributed by atoms with Gasteiger partial charge < -0.3 is 9.47 Å². The van der Waals surface area contributed by atoms with Gasteiger partial charge in [-0.2, -0.15) is 0 Å². The lowest BCUT2D eigenvalue weighted by molar-refractivity contribution is -0.133. The van der Waals surface area contributed by atoms with Crippen LogP contribution in [0.1, 0.15) is 48.8 Å². The molecule has 1 aliphatic carbocycles. The van der Waals surface area contributed by atoms with Gasteiger partial charge in [0.15, 0.2) is 23.1 Å². The minimum atomic E-state index is -0.940. The van der Waals surface area contributed by atoms with Crippen molar-refractivity contribution in [1.82, 2.24) is 4.98 Å². The molecule has 45 heavy (non-hydrogen) atoms. The van der Waals surface area contributed by atoms with Gasteiger partial charge in [0.1, 0.15) is 5.75 Å². The number of Topliss-reactive ketones (excluding diaryl/α,β-unsaturated/α-hetero) is 2. The predicted molar refractivity (Wildman–Crippen MR) is 176 cm³/mol. The number of ketones is 2. The van der Waals surface area contributed by atoms with Gasteiger partial charge in [0.25, 0.3) is 0 Å². The summed E-state index contributed by atoms with van der Waals surface area (Å²) in [5.74, 6) is -0.155. The van der Waals surface area contributed by atoms with Gasteiger partial charge in [-0.15, -0.1) is 11.3 Å². The fourth-order valence-electron chi connectivity index (χ4n) is 5.77. The SMILES string of the molecule is COCCCCCc1cccc(-c2cc3nccc(Oc4ccc(CC(=O)C5(C(=O)Cc6ccccc6)CC5)cc4F)c3s2)c1. The van der Waals surface area contributed by atoms with E-state index >= 15 is 4.39 Å². The summed E-state index contributed by atoms with van der Waals surface area (Å²) in [4.78, 5) is 31.8. The van der Waals surface area contributed by atoms with E-state index in [-0.39, 0.29) is 30.2 Å². The van der Waals surface area contributed by atoms with E-state index < -0.39 is 11.2 Å². The molecule has 1 saturated carbocycles. The molecule has 2 heterocycles. The van der Waals surface area contributed by atoms with E-state index in [1.807, 2.05) is 36.4 Å². The minimum absolute atomic E-state index is 0.0116. The van der Waals surface area contributed by atoms with E-state index in [9.17, 15) is 9.59 Å².